The normalized spacial score (nSPS) is 11.3. The second-order valence-corrected chi connectivity index (χ2v) is 3.93. The Labute approximate surface area is 92.7 Å². The maximum Gasteiger partial charge on any atom is 0.0382 e. The van der Waals surface area contributed by atoms with Gasteiger partial charge >= 0.3 is 0 Å². The molecule has 0 aliphatic carbocycles. The van der Waals surface area contributed by atoms with Gasteiger partial charge in [-0.25, -0.2) is 5.01 Å². The Kier molecular flexibility index (Phi) is 5.32. The zero-order valence-corrected chi connectivity index (χ0v) is 9.90. The summed E-state index contributed by atoms with van der Waals surface area (Å²) in [7, 11) is 6.16. The molecule has 0 heterocycles. The van der Waals surface area contributed by atoms with Crippen molar-refractivity contribution in [1.82, 2.24) is 15.3 Å². The van der Waals surface area contributed by atoms with Crippen LogP contribution >= 0.6 is 0 Å². The smallest absolute Gasteiger partial charge is 0.0382 e. The highest BCUT2D eigenvalue weighted by molar-refractivity contribution is 5.14. The maximum atomic E-state index is 3.21. The highest BCUT2D eigenvalue weighted by Crippen LogP contribution is 2.01. The molecular weight excluding hydrogens is 186 g/mol. The molecule has 84 valence electrons. The summed E-state index contributed by atoms with van der Waals surface area (Å²) in [5.74, 6) is 0. The van der Waals surface area contributed by atoms with Gasteiger partial charge in [0.15, 0.2) is 0 Å². The number of nitrogens with zero attached hydrogens (tertiary/aromatic N) is 2. The van der Waals surface area contributed by atoms with Gasteiger partial charge in [-0.3, -0.25) is 5.43 Å². The first-order valence-corrected chi connectivity index (χ1v) is 5.33. The third-order valence-electron chi connectivity index (χ3n) is 2.35. The summed E-state index contributed by atoms with van der Waals surface area (Å²) in [4.78, 5) is 2.19. The van der Waals surface area contributed by atoms with Crippen molar-refractivity contribution in [3.63, 3.8) is 0 Å². The van der Waals surface area contributed by atoms with Gasteiger partial charge in [-0.1, -0.05) is 30.3 Å². The first-order chi connectivity index (χ1) is 7.22. The van der Waals surface area contributed by atoms with Gasteiger partial charge in [0.1, 0.15) is 0 Å². The maximum absolute atomic E-state index is 3.21. The Bertz CT molecular complexity index is 259. The van der Waals surface area contributed by atoms with E-state index in [9.17, 15) is 0 Å². The van der Waals surface area contributed by atoms with Crippen LogP contribution in [0.15, 0.2) is 30.3 Å². The van der Waals surface area contributed by atoms with Crippen LogP contribution in [0.2, 0.25) is 0 Å². The van der Waals surface area contributed by atoms with Gasteiger partial charge in [0.25, 0.3) is 0 Å². The van der Waals surface area contributed by atoms with Gasteiger partial charge in [-0.15, -0.1) is 0 Å². The fraction of sp³-hybridized carbons (Fsp3) is 0.500. The summed E-state index contributed by atoms with van der Waals surface area (Å²) in [5.41, 5.74) is 4.55. The van der Waals surface area contributed by atoms with Gasteiger partial charge in [0.05, 0.1) is 0 Å². The average Bonchev–Trinajstić information content (AvgIpc) is 2.25. The number of nitrogens with one attached hydrogen (secondary N) is 1. The van der Waals surface area contributed by atoms with Crippen LogP contribution in [0.3, 0.4) is 0 Å². The average molecular weight is 207 g/mol. The van der Waals surface area contributed by atoms with Crippen LogP contribution in [0.5, 0.6) is 0 Å². The lowest BCUT2D eigenvalue weighted by atomic mass is 10.2. The van der Waals surface area contributed by atoms with E-state index in [-0.39, 0.29) is 0 Å². The zero-order valence-electron chi connectivity index (χ0n) is 9.90. The van der Waals surface area contributed by atoms with Crippen molar-refractivity contribution in [3.05, 3.63) is 35.9 Å². The highest BCUT2D eigenvalue weighted by atomic mass is 15.5. The molecular formula is C12H21N3. The second kappa shape index (κ2) is 6.56. The predicted octanol–water partition coefficient (Wildman–Crippen LogP) is 1.18. The van der Waals surface area contributed by atoms with Crippen molar-refractivity contribution in [1.29, 1.82) is 0 Å². The largest absolute Gasteiger partial charge is 0.308 e. The summed E-state index contributed by atoms with van der Waals surface area (Å²) >= 11 is 0. The van der Waals surface area contributed by atoms with E-state index in [1.54, 1.807) is 0 Å². The zero-order chi connectivity index (χ0) is 11.1. The summed E-state index contributed by atoms with van der Waals surface area (Å²) in [6.45, 7) is 3.04. The van der Waals surface area contributed by atoms with Crippen molar-refractivity contribution in [2.45, 2.75) is 6.54 Å². The summed E-state index contributed by atoms with van der Waals surface area (Å²) < 4.78 is 0. The third-order valence-corrected chi connectivity index (χ3v) is 2.35. The van der Waals surface area contributed by atoms with Gasteiger partial charge in [0.2, 0.25) is 0 Å². The van der Waals surface area contributed by atoms with E-state index in [4.69, 9.17) is 0 Å². The predicted molar refractivity (Wildman–Crippen MR) is 64.5 cm³/mol. The molecule has 0 saturated carbocycles. The molecule has 0 atom stereocenters. The molecule has 0 saturated heterocycles. The van der Waals surface area contributed by atoms with Crippen LogP contribution in [-0.2, 0) is 6.54 Å². The van der Waals surface area contributed by atoms with Crippen molar-refractivity contribution < 1.29 is 0 Å². The fourth-order valence-electron chi connectivity index (χ4n) is 1.39. The van der Waals surface area contributed by atoms with Crippen molar-refractivity contribution in [2.75, 3.05) is 34.2 Å². The molecule has 0 aliphatic rings. The van der Waals surface area contributed by atoms with Crippen LogP contribution in [0.1, 0.15) is 5.56 Å². The number of hydrazine groups is 1. The molecule has 3 nitrogen and oxygen atoms in total. The number of benzene rings is 1. The molecule has 15 heavy (non-hydrogen) atoms. The van der Waals surface area contributed by atoms with Crippen molar-refractivity contribution >= 4 is 0 Å². The van der Waals surface area contributed by atoms with Crippen LogP contribution in [0.4, 0.5) is 0 Å². The number of likely N-dealkylation sites (N-methyl/N-ethyl adjacent to an activating group) is 1. The second-order valence-electron chi connectivity index (χ2n) is 3.93. The number of hydrogen-bond donors (Lipinski definition) is 1. The molecule has 0 aromatic heterocycles. The summed E-state index contributed by atoms with van der Waals surface area (Å²) in [5, 5.41) is 2.22. The quantitative estimate of drug-likeness (QED) is 0.707. The lowest BCUT2D eigenvalue weighted by Crippen LogP contribution is -2.39. The first kappa shape index (κ1) is 12.2. The Morgan fingerprint density at radius 3 is 2.27 bits per heavy atom. The Morgan fingerprint density at radius 2 is 1.73 bits per heavy atom. The topological polar surface area (TPSA) is 18.5 Å². The van der Waals surface area contributed by atoms with E-state index in [1.807, 2.05) is 13.1 Å². The molecule has 0 aliphatic heterocycles. The van der Waals surface area contributed by atoms with Crippen LogP contribution in [0.25, 0.3) is 0 Å². The first-order valence-electron chi connectivity index (χ1n) is 5.33. The molecule has 0 spiro atoms. The summed E-state index contributed by atoms with van der Waals surface area (Å²) in [6, 6.07) is 10.5. The Balaban J connectivity index is 2.40. The molecule has 0 unspecified atom stereocenters. The number of rotatable bonds is 6. The SMILES string of the molecule is CNN(CCN(C)C)Cc1ccccc1. The van der Waals surface area contributed by atoms with E-state index in [0.29, 0.717) is 0 Å². The van der Waals surface area contributed by atoms with Crippen molar-refractivity contribution in [2.24, 2.45) is 0 Å². The molecule has 0 radical (unpaired) electrons. The molecule has 3 heteroatoms. The van der Waals surface area contributed by atoms with Crippen LogP contribution in [0, 0.1) is 0 Å². The van der Waals surface area contributed by atoms with E-state index in [1.165, 1.54) is 5.56 Å². The molecule has 0 bridgehead atoms. The van der Waals surface area contributed by atoms with Gasteiger partial charge < -0.3 is 4.90 Å². The molecule has 1 N–H and O–H groups in total. The van der Waals surface area contributed by atoms with Gasteiger partial charge in [-0.05, 0) is 26.7 Å². The molecule has 1 aromatic carbocycles. The monoisotopic (exact) mass is 207 g/mol. The lowest BCUT2D eigenvalue weighted by Gasteiger charge is -2.22. The molecule has 0 fully saturated rings. The summed E-state index contributed by atoms with van der Waals surface area (Å²) in [6.07, 6.45) is 0. The van der Waals surface area contributed by atoms with E-state index in [0.717, 1.165) is 19.6 Å². The highest BCUT2D eigenvalue weighted by Gasteiger charge is 2.03. The van der Waals surface area contributed by atoms with Crippen LogP contribution in [-0.4, -0.2) is 44.1 Å². The molecule has 0 amide bonds. The van der Waals surface area contributed by atoms with Gasteiger partial charge in [0, 0.05) is 19.6 Å². The van der Waals surface area contributed by atoms with E-state index >= 15 is 0 Å². The van der Waals surface area contributed by atoms with Crippen molar-refractivity contribution in [3.8, 4) is 0 Å². The standard InChI is InChI=1S/C12H21N3/c1-13-15(10-9-14(2)3)11-12-7-5-4-6-8-12/h4-8,13H,9-11H2,1-3H3. The molecule has 1 aromatic rings. The fourth-order valence-corrected chi connectivity index (χ4v) is 1.39. The van der Waals surface area contributed by atoms with Gasteiger partial charge in [-0.2, -0.15) is 0 Å². The van der Waals surface area contributed by atoms with Crippen LogP contribution < -0.4 is 5.43 Å². The number of hydrogen-bond acceptors (Lipinski definition) is 3. The molecule has 1 rings (SSSR count). The Morgan fingerprint density at radius 1 is 1.07 bits per heavy atom. The lowest BCUT2D eigenvalue weighted by molar-refractivity contribution is 0.178. The minimum Gasteiger partial charge on any atom is -0.308 e. The third kappa shape index (κ3) is 4.93. The van der Waals surface area contributed by atoms with E-state index in [2.05, 4.69) is 53.7 Å². The minimum absolute atomic E-state index is 0.950. The Hall–Kier alpha value is -0.900. The minimum atomic E-state index is 0.950. The van der Waals surface area contributed by atoms with E-state index < -0.39 is 0 Å².